The van der Waals surface area contributed by atoms with Crippen LogP contribution < -0.4 is 21.1 Å². The molecule has 11 heteroatoms. The van der Waals surface area contributed by atoms with E-state index < -0.39 is 40.5 Å². The molecule has 1 atom stereocenters. The number of nitrogens with one attached hydrogen (secondary N) is 3. The number of halogens is 3. The number of hydrogen-bond acceptors (Lipinski definition) is 3. The second-order valence-electron chi connectivity index (χ2n) is 8.11. The molecule has 0 aliphatic heterocycles. The van der Waals surface area contributed by atoms with Crippen LogP contribution in [0.25, 0.3) is 5.69 Å². The molecule has 0 radical (unpaired) electrons. The van der Waals surface area contributed by atoms with Crippen molar-refractivity contribution in [2.24, 2.45) is 7.05 Å². The molecule has 0 fully saturated rings. The van der Waals surface area contributed by atoms with Gasteiger partial charge in [0.15, 0.2) is 30.5 Å². The molecular weight excluding hydrogens is 463 g/mol. The largest absolute Gasteiger partial charge is 0.319 e. The average molecular weight is 491 g/mol. The quantitative estimate of drug-likeness (QED) is 0.400. The van der Waals surface area contributed by atoms with Crippen molar-refractivity contribution in [1.29, 1.82) is 0 Å². The first-order valence-corrected chi connectivity index (χ1v) is 11.0. The van der Waals surface area contributed by atoms with Crippen LogP contribution in [0, 0.1) is 24.4 Å². The number of benzene rings is 2. The number of carbonyl (C=O) groups excluding carboxylic acids is 2. The molecule has 35 heavy (non-hydrogen) atoms. The molecular formula is C24H27F3N5O3+. The van der Waals surface area contributed by atoms with Crippen LogP contribution >= 0.6 is 0 Å². The lowest BCUT2D eigenvalue weighted by Gasteiger charge is -2.18. The summed E-state index contributed by atoms with van der Waals surface area (Å²) in [7, 11) is 1.70. The lowest BCUT2D eigenvalue weighted by atomic mass is 10.2. The van der Waals surface area contributed by atoms with Crippen LogP contribution in [-0.4, -0.2) is 40.8 Å². The van der Waals surface area contributed by atoms with Gasteiger partial charge in [-0.15, -0.1) is 0 Å². The maximum absolute atomic E-state index is 13.9. The molecule has 0 bridgehead atoms. The van der Waals surface area contributed by atoms with E-state index in [9.17, 15) is 27.6 Å². The normalized spacial score (nSPS) is 11.8. The fraction of sp³-hybridized carbons (Fsp3) is 0.292. The van der Waals surface area contributed by atoms with E-state index in [-0.39, 0.29) is 18.8 Å². The number of para-hydroxylation sites is 1. The lowest BCUT2D eigenvalue weighted by Crippen LogP contribution is -3.14. The lowest BCUT2D eigenvalue weighted by molar-refractivity contribution is -0.883. The third kappa shape index (κ3) is 5.80. The number of aromatic nitrogens is 2. The van der Waals surface area contributed by atoms with Gasteiger partial charge in [-0.1, -0.05) is 25.1 Å². The van der Waals surface area contributed by atoms with Gasteiger partial charge >= 0.3 is 0 Å². The van der Waals surface area contributed by atoms with Crippen molar-refractivity contribution in [1.82, 2.24) is 9.36 Å². The monoisotopic (exact) mass is 490 g/mol. The first-order valence-electron chi connectivity index (χ1n) is 11.0. The minimum Gasteiger partial charge on any atom is -0.319 e. The number of anilines is 2. The Bertz CT molecular complexity index is 1290. The van der Waals surface area contributed by atoms with Crippen LogP contribution in [0.3, 0.4) is 0 Å². The molecule has 3 aromatic rings. The maximum Gasteiger partial charge on any atom is 0.295 e. The smallest absolute Gasteiger partial charge is 0.295 e. The van der Waals surface area contributed by atoms with Gasteiger partial charge < -0.3 is 15.5 Å². The molecule has 1 unspecified atom stereocenters. The minimum atomic E-state index is -1.68. The van der Waals surface area contributed by atoms with Crippen LogP contribution in [0.2, 0.25) is 0 Å². The van der Waals surface area contributed by atoms with Crippen LogP contribution in [0.1, 0.15) is 19.0 Å². The summed E-state index contributed by atoms with van der Waals surface area (Å²) in [5, 5.41) is 4.85. The SMILES string of the molecule is CCC[NH+](CC(=O)Nc1ccc(F)c(F)c1F)CC(=O)Nc1c(C)n(C)n(-c2ccccc2)c1=O. The van der Waals surface area contributed by atoms with Crippen molar-refractivity contribution in [2.45, 2.75) is 20.3 Å². The van der Waals surface area contributed by atoms with Gasteiger partial charge in [0.1, 0.15) is 5.69 Å². The van der Waals surface area contributed by atoms with Crippen molar-refractivity contribution in [3.63, 3.8) is 0 Å². The summed E-state index contributed by atoms with van der Waals surface area (Å²) in [6.07, 6.45) is 0.639. The predicted octanol–water partition coefficient (Wildman–Crippen LogP) is 1.77. The molecule has 1 aromatic heterocycles. The molecule has 3 N–H and O–H groups in total. The fourth-order valence-corrected chi connectivity index (χ4v) is 3.76. The third-order valence-electron chi connectivity index (χ3n) is 5.55. The van der Waals surface area contributed by atoms with Crippen LogP contribution in [-0.2, 0) is 16.6 Å². The zero-order valence-electron chi connectivity index (χ0n) is 19.6. The topological polar surface area (TPSA) is 89.6 Å². The van der Waals surface area contributed by atoms with Crippen molar-refractivity contribution < 1.29 is 27.7 Å². The van der Waals surface area contributed by atoms with Crippen LogP contribution in [0.15, 0.2) is 47.3 Å². The summed E-state index contributed by atoms with van der Waals surface area (Å²) in [6.45, 7) is 3.65. The molecule has 8 nitrogen and oxygen atoms in total. The number of quaternary nitrogens is 1. The summed E-state index contributed by atoms with van der Waals surface area (Å²) in [5.41, 5.74) is 0.438. The Balaban J connectivity index is 1.70. The second-order valence-corrected chi connectivity index (χ2v) is 8.11. The van der Waals surface area contributed by atoms with E-state index in [2.05, 4.69) is 10.6 Å². The van der Waals surface area contributed by atoms with Gasteiger partial charge in [0.2, 0.25) is 0 Å². The highest BCUT2D eigenvalue weighted by atomic mass is 19.2. The molecule has 2 aromatic carbocycles. The van der Waals surface area contributed by atoms with Crippen molar-refractivity contribution in [3.8, 4) is 5.69 Å². The number of rotatable bonds is 9. The minimum absolute atomic E-state index is 0.130. The molecule has 0 aliphatic rings. The van der Waals surface area contributed by atoms with E-state index in [1.54, 1.807) is 42.9 Å². The Labute approximate surface area is 199 Å². The van der Waals surface area contributed by atoms with Crippen molar-refractivity contribution >= 4 is 23.2 Å². The number of carbonyl (C=O) groups is 2. The van der Waals surface area contributed by atoms with E-state index in [1.807, 2.05) is 13.0 Å². The summed E-state index contributed by atoms with van der Waals surface area (Å²) >= 11 is 0. The van der Waals surface area contributed by atoms with Crippen LogP contribution in [0.5, 0.6) is 0 Å². The first kappa shape index (κ1) is 25.8. The van der Waals surface area contributed by atoms with E-state index >= 15 is 0 Å². The van der Waals surface area contributed by atoms with Gasteiger partial charge in [-0.3, -0.25) is 19.1 Å². The van der Waals surface area contributed by atoms with Gasteiger partial charge in [0.25, 0.3) is 17.4 Å². The zero-order valence-corrected chi connectivity index (χ0v) is 19.6. The highest BCUT2D eigenvalue weighted by molar-refractivity contribution is 5.93. The summed E-state index contributed by atoms with van der Waals surface area (Å²) in [5.74, 6) is -5.69. The standard InChI is InChI=1S/C24H26F3N5O3/c1-4-12-31(13-19(33)28-18-11-10-17(25)21(26)22(18)27)14-20(34)29-23-15(2)30(3)32(24(23)35)16-8-6-5-7-9-16/h5-11H,4,12-14H2,1-3H3,(H,28,33)(H,29,34)/p+1. The highest BCUT2D eigenvalue weighted by Gasteiger charge is 2.23. The molecule has 3 rings (SSSR count). The molecule has 2 amide bonds. The molecule has 0 saturated heterocycles. The van der Waals surface area contributed by atoms with Crippen molar-refractivity contribution in [2.75, 3.05) is 30.3 Å². The first-order chi connectivity index (χ1) is 16.6. The van der Waals surface area contributed by atoms with E-state index in [1.165, 1.54) is 4.68 Å². The molecule has 1 heterocycles. The second kappa shape index (κ2) is 11.0. The highest BCUT2D eigenvalue weighted by Crippen LogP contribution is 2.19. The van der Waals surface area contributed by atoms with E-state index in [4.69, 9.17) is 0 Å². The molecule has 186 valence electrons. The third-order valence-corrected chi connectivity index (χ3v) is 5.55. The number of hydrogen-bond donors (Lipinski definition) is 3. The Morgan fingerprint density at radius 2 is 1.57 bits per heavy atom. The summed E-state index contributed by atoms with van der Waals surface area (Å²) in [4.78, 5) is 38.7. The fourth-order valence-electron chi connectivity index (χ4n) is 3.76. The average Bonchev–Trinajstić information content (AvgIpc) is 3.03. The van der Waals surface area contributed by atoms with Gasteiger partial charge in [0, 0.05) is 7.05 Å². The summed E-state index contributed by atoms with van der Waals surface area (Å²) < 4.78 is 43.5. The Morgan fingerprint density at radius 1 is 0.943 bits per heavy atom. The van der Waals surface area contributed by atoms with Crippen molar-refractivity contribution in [3.05, 3.63) is 76.0 Å². The molecule has 0 aliphatic carbocycles. The number of amides is 2. The Kier molecular flexibility index (Phi) is 8.13. The molecule has 0 spiro atoms. The molecule has 0 saturated carbocycles. The maximum atomic E-state index is 13.9. The van der Waals surface area contributed by atoms with E-state index in [0.717, 1.165) is 6.07 Å². The number of nitrogens with zero attached hydrogens (tertiary/aromatic N) is 2. The van der Waals surface area contributed by atoms with E-state index in [0.29, 0.717) is 35.3 Å². The van der Waals surface area contributed by atoms with Gasteiger partial charge in [-0.2, -0.15) is 0 Å². The van der Waals surface area contributed by atoms with Crippen LogP contribution in [0.4, 0.5) is 24.5 Å². The zero-order chi connectivity index (χ0) is 25.7. The summed E-state index contributed by atoms with van der Waals surface area (Å²) in [6, 6.07) is 10.6. The Morgan fingerprint density at radius 3 is 2.20 bits per heavy atom. The predicted molar refractivity (Wildman–Crippen MR) is 125 cm³/mol. The van der Waals surface area contributed by atoms with Gasteiger partial charge in [-0.25, -0.2) is 17.9 Å². The van der Waals surface area contributed by atoms with Gasteiger partial charge in [-0.05, 0) is 37.6 Å². The van der Waals surface area contributed by atoms with Gasteiger partial charge in [0.05, 0.1) is 23.6 Å². The Hall–Kier alpha value is -3.86.